The average molecular weight is 230 g/mol. The smallest absolute Gasteiger partial charge is 0.309 e. The van der Waals surface area contributed by atoms with Crippen molar-refractivity contribution in [1.29, 1.82) is 0 Å². The number of carbonyl (C=O) groups excluding carboxylic acids is 1. The highest BCUT2D eigenvalue weighted by molar-refractivity contribution is 5.78. The van der Waals surface area contributed by atoms with Crippen molar-refractivity contribution < 1.29 is 9.53 Å². The molecule has 1 aromatic heterocycles. The predicted octanol–water partition coefficient (Wildman–Crippen LogP) is 1.96. The van der Waals surface area contributed by atoms with Gasteiger partial charge in [-0.15, -0.1) is 0 Å². The van der Waals surface area contributed by atoms with Crippen molar-refractivity contribution >= 4 is 17.0 Å². The molecule has 2 aromatic rings. The third-order valence-electron chi connectivity index (χ3n) is 2.72. The Balaban J connectivity index is 2.43. The Morgan fingerprint density at radius 3 is 2.47 bits per heavy atom. The summed E-state index contributed by atoms with van der Waals surface area (Å²) in [5.74, 6) is -0.249. The Morgan fingerprint density at radius 1 is 1.18 bits per heavy atom. The maximum Gasteiger partial charge on any atom is 0.309 e. The third kappa shape index (κ3) is 2.41. The molecule has 0 bridgehead atoms. The fourth-order valence-corrected chi connectivity index (χ4v) is 1.63. The summed E-state index contributed by atoms with van der Waals surface area (Å²) in [5, 5.41) is 0. The van der Waals surface area contributed by atoms with Crippen molar-refractivity contribution in [2.75, 3.05) is 7.11 Å². The van der Waals surface area contributed by atoms with Gasteiger partial charge in [-0.2, -0.15) is 0 Å². The molecule has 4 nitrogen and oxygen atoms in total. The van der Waals surface area contributed by atoms with Gasteiger partial charge < -0.3 is 4.74 Å². The van der Waals surface area contributed by atoms with Crippen LogP contribution >= 0.6 is 0 Å². The highest BCUT2D eigenvalue weighted by atomic mass is 16.5. The summed E-state index contributed by atoms with van der Waals surface area (Å²) >= 11 is 0. The highest BCUT2D eigenvalue weighted by Gasteiger charge is 2.06. The number of nitrogens with zero attached hydrogens (tertiary/aromatic N) is 2. The fourth-order valence-electron chi connectivity index (χ4n) is 1.63. The standard InChI is InChI=1S/C13H14N2O2/c1-8-9(2)15-12-6-10(7-13(16)17-3)4-5-11(12)14-8/h4-6H,7H2,1-3H3. The van der Waals surface area contributed by atoms with Crippen LogP contribution in [0.25, 0.3) is 11.0 Å². The molecule has 0 radical (unpaired) electrons. The number of fused-ring (bicyclic) bond motifs is 1. The molecule has 0 aliphatic heterocycles. The van der Waals surface area contributed by atoms with Crippen molar-refractivity contribution in [2.24, 2.45) is 0 Å². The normalized spacial score (nSPS) is 10.5. The number of benzene rings is 1. The number of methoxy groups -OCH3 is 1. The van der Waals surface area contributed by atoms with Crippen LogP contribution in [0, 0.1) is 13.8 Å². The molecule has 0 atom stereocenters. The van der Waals surface area contributed by atoms with Crippen LogP contribution in [0.1, 0.15) is 17.0 Å². The van der Waals surface area contributed by atoms with E-state index >= 15 is 0 Å². The summed E-state index contributed by atoms with van der Waals surface area (Å²) in [7, 11) is 1.39. The summed E-state index contributed by atoms with van der Waals surface area (Å²) in [6.07, 6.45) is 0.265. The SMILES string of the molecule is COC(=O)Cc1ccc2nc(C)c(C)nc2c1. The van der Waals surface area contributed by atoms with Gasteiger partial charge in [0.2, 0.25) is 0 Å². The second kappa shape index (κ2) is 4.49. The van der Waals surface area contributed by atoms with Crippen LogP contribution in [0.4, 0.5) is 0 Å². The van der Waals surface area contributed by atoms with Crippen molar-refractivity contribution in [2.45, 2.75) is 20.3 Å². The monoisotopic (exact) mass is 230 g/mol. The van der Waals surface area contributed by atoms with Crippen LogP contribution in [0.15, 0.2) is 18.2 Å². The number of rotatable bonds is 2. The molecule has 0 fully saturated rings. The predicted molar refractivity (Wildman–Crippen MR) is 64.7 cm³/mol. The first-order chi connectivity index (χ1) is 8.10. The molecule has 17 heavy (non-hydrogen) atoms. The molecule has 2 rings (SSSR count). The lowest BCUT2D eigenvalue weighted by atomic mass is 10.1. The number of ether oxygens (including phenoxy) is 1. The van der Waals surface area contributed by atoms with Gasteiger partial charge in [0.1, 0.15) is 0 Å². The van der Waals surface area contributed by atoms with Gasteiger partial charge >= 0.3 is 5.97 Å². The number of aromatic nitrogens is 2. The van der Waals surface area contributed by atoms with Crippen molar-refractivity contribution in [1.82, 2.24) is 9.97 Å². The minimum absolute atomic E-state index is 0.249. The zero-order chi connectivity index (χ0) is 12.4. The second-order valence-electron chi connectivity index (χ2n) is 3.97. The lowest BCUT2D eigenvalue weighted by molar-refractivity contribution is -0.139. The van der Waals surface area contributed by atoms with Gasteiger partial charge in [-0.25, -0.2) is 9.97 Å². The molecule has 0 unspecified atom stereocenters. The molecule has 0 saturated carbocycles. The molecule has 1 aromatic carbocycles. The molecule has 0 spiro atoms. The van der Waals surface area contributed by atoms with Gasteiger partial charge in [-0.3, -0.25) is 4.79 Å². The van der Waals surface area contributed by atoms with E-state index in [0.29, 0.717) is 0 Å². The quantitative estimate of drug-likeness (QED) is 0.740. The van der Waals surface area contributed by atoms with Crippen LogP contribution < -0.4 is 0 Å². The zero-order valence-corrected chi connectivity index (χ0v) is 10.2. The zero-order valence-electron chi connectivity index (χ0n) is 10.2. The summed E-state index contributed by atoms with van der Waals surface area (Å²) in [6.45, 7) is 3.86. The van der Waals surface area contributed by atoms with E-state index < -0.39 is 0 Å². The molecule has 0 saturated heterocycles. The molecule has 0 amide bonds. The summed E-state index contributed by atoms with van der Waals surface area (Å²) in [6, 6.07) is 5.64. The van der Waals surface area contributed by atoms with Crippen LogP contribution in [0.5, 0.6) is 0 Å². The van der Waals surface area contributed by atoms with Crippen LogP contribution in [0.3, 0.4) is 0 Å². The van der Waals surface area contributed by atoms with Crippen molar-refractivity contribution in [3.05, 3.63) is 35.2 Å². The minimum atomic E-state index is -0.249. The summed E-state index contributed by atoms with van der Waals surface area (Å²) in [4.78, 5) is 20.1. The van der Waals surface area contributed by atoms with E-state index in [-0.39, 0.29) is 12.4 Å². The van der Waals surface area contributed by atoms with E-state index in [4.69, 9.17) is 0 Å². The third-order valence-corrected chi connectivity index (χ3v) is 2.72. The van der Waals surface area contributed by atoms with E-state index in [1.165, 1.54) is 7.11 Å². The van der Waals surface area contributed by atoms with E-state index in [1.807, 2.05) is 32.0 Å². The van der Waals surface area contributed by atoms with Gasteiger partial charge in [0.25, 0.3) is 0 Å². The first-order valence-electron chi connectivity index (χ1n) is 5.41. The average Bonchev–Trinajstić information content (AvgIpc) is 2.31. The van der Waals surface area contributed by atoms with Crippen molar-refractivity contribution in [3.8, 4) is 0 Å². The van der Waals surface area contributed by atoms with E-state index in [1.54, 1.807) is 0 Å². The number of esters is 1. The lowest BCUT2D eigenvalue weighted by Crippen LogP contribution is -2.04. The van der Waals surface area contributed by atoms with Crippen molar-refractivity contribution in [3.63, 3.8) is 0 Å². The molecule has 88 valence electrons. The number of aryl methyl sites for hydroxylation is 2. The van der Waals surface area contributed by atoms with Gasteiger partial charge in [0.05, 0.1) is 36.0 Å². The molecule has 0 aliphatic carbocycles. The summed E-state index contributed by atoms with van der Waals surface area (Å²) < 4.78 is 4.63. The molecular weight excluding hydrogens is 216 g/mol. The van der Waals surface area contributed by atoms with Gasteiger partial charge in [-0.1, -0.05) is 6.07 Å². The maximum atomic E-state index is 11.2. The Kier molecular flexibility index (Phi) is 3.04. The molecule has 0 aliphatic rings. The largest absolute Gasteiger partial charge is 0.469 e. The number of carbonyl (C=O) groups is 1. The Labute approximate surface area is 99.7 Å². The Morgan fingerprint density at radius 2 is 1.82 bits per heavy atom. The first-order valence-corrected chi connectivity index (χ1v) is 5.41. The molecule has 1 heterocycles. The topological polar surface area (TPSA) is 52.1 Å². The number of hydrogen-bond donors (Lipinski definition) is 0. The number of hydrogen-bond acceptors (Lipinski definition) is 4. The second-order valence-corrected chi connectivity index (χ2v) is 3.97. The summed E-state index contributed by atoms with van der Waals surface area (Å²) in [5.41, 5.74) is 4.39. The minimum Gasteiger partial charge on any atom is -0.469 e. The molecule has 0 N–H and O–H groups in total. The first kappa shape index (κ1) is 11.5. The molecule has 4 heteroatoms. The Hall–Kier alpha value is -1.97. The lowest BCUT2D eigenvalue weighted by Gasteiger charge is -2.04. The van der Waals surface area contributed by atoms with Crippen LogP contribution in [0.2, 0.25) is 0 Å². The maximum absolute atomic E-state index is 11.2. The van der Waals surface area contributed by atoms with E-state index in [9.17, 15) is 4.79 Å². The van der Waals surface area contributed by atoms with E-state index in [0.717, 1.165) is 28.0 Å². The fraction of sp³-hybridized carbons (Fsp3) is 0.308. The highest BCUT2D eigenvalue weighted by Crippen LogP contribution is 2.15. The van der Waals surface area contributed by atoms with Gasteiger partial charge in [0.15, 0.2) is 0 Å². The van der Waals surface area contributed by atoms with Gasteiger partial charge in [0, 0.05) is 0 Å². The van der Waals surface area contributed by atoms with Gasteiger partial charge in [-0.05, 0) is 31.5 Å². The molecular formula is C13H14N2O2. The van der Waals surface area contributed by atoms with Crippen LogP contribution in [-0.2, 0) is 16.0 Å². The van der Waals surface area contributed by atoms with Crippen LogP contribution in [-0.4, -0.2) is 23.0 Å². The van der Waals surface area contributed by atoms with E-state index in [2.05, 4.69) is 14.7 Å². The Bertz CT molecular complexity index is 579.